The molecule has 204 valence electrons. The predicted octanol–water partition coefficient (Wildman–Crippen LogP) is 4.81. The van der Waals surface area contributed by atoms with E-state index in [1.54, 1.807) is 13.0 Å². The van der Waals surface area contributed by atoms with Gasteiger partial charge in [0.05, 0.1) is 24.8 Å². The first-order valence-corrected chi connectivity index (χ1v) is 13.4. The number of fused-ring (bicyclic) bond motifs is 1. The average Bonchev–Trinajstić information content (AvgIpc) is 3.36. The Morgan fingerprint density at radius 3 is 2.58 bits per heavy atom. The number of rotatable bonds is 8. The molecule has 9 heteroatoms. The number of hydrogen-bond donors (Lipinski definition) is 2. The third-order valence-electron chi connectivity index (χ3n) is 8.41. The maximum Gasteiger partial charge on any atom is 0.256 e. The predicted molar refractivity (Wildman–Crippen MR) is 143 cm³/mol. The van der Waals surface area contributed by atoms with Gasteiger partial charge in [-0.2, -0.15) is 0 Å². The number of nitrogens with zero attached hydrogens (tertiary/aromatic N) is 2. The van der Waals surface area contributed by atoms with Crippen molar-refractivity contribution in [3.05, 3.63) is 63.2 Å². The van der Waals surface area contributed by atoms with Gasteiger partial charge in [-0.1, -0.05) is 18.2 Å². The number of ether oxygens (including phenoxy) is 1. The van der Waals surface area contributed by atoms with Crippen molar-refractivity contribution in [1.82, 2.24) is 19.8 Å². The van der Waals surface area contributed by atoms with Gasteiger partial charge in [0.1, 0.15) is 5.75 Å². The number of aromatic amines is 1. The molecule has 1 saturated heterocycles. The minimum Gasteiger partial charge on any atom is -0.496 e. The number of aryl methyl sites for hydroxylation is 1. The number of halogens is 2. The summed E-state index contributed by atoms with van der Waals surface area (Å²) in [5, 5.41) is 3.80. The van der Waals surface area contributed by atoms with E-state index in [2.05, 4.69) is 26.7 Å². The Kier molecular flexibility index (Phi) is 7.07. The summed E-state index contributed by atoms with van der Waals surface area (Å²) in [6, 6.07) is 9.77. The monoisotopic (exact) mass is 526 g/mol. The molecule has 2 fully saturated rings. The highest BCUT2D eigenvalue weighted by molar-refractivity contribution is 6.08. The summed E-state index contributed by atoms with van der Waals surface area (Å²) in [6.45, 7) is 8.10. The highest BCUT2D eigenvalue weighted by atomic mass is 19.3. The molecule has 5 rings (SSSR count). The molecular weight excluding hydrogens is 490 g/mol. The van der Waals surface area contributed by atoms with Crippen molar-refractivity contribution in [2.24, 2.45) is 11.8 Å². The summed E-state index contributed by atoms with van der Waals surface area (Å²) >= 11 is 0. The Bertz CT molecular complexity index is 1400. The number of hydrogen-bond acceptors (Lipinski definition) is 4. The number of amides is 1. The lowest BCUT2D eigenvalue weighted by Gasteiger charge is -2.36. The Morgan fingerprint density at radius 1 is 1.24 bits per heavy atom. The van der Waals surface area contributed by atoms with Crippen molar-refractivity contribution in [1.29, 1.82) is 0 Å². The molecule has 1 aliphatic carbocycles. The van der Waals surface area contributed by atoms with Crippen LogP contribution in [0.2, 0.25) is 0 Å². The van der Waals surface area contributed by atoms with Crippen LogP contribution >= 0.6 is 0 Å². The molecule has 3 aromatic rings. The second kappa shape index (κ2) is 10.2. The fraction of sp³-hybridized carbons (Fsp3) is 0.517. The van der Waals surface area contributed by atoms with Gasteiger partial charge in [0.2, 0.25) is 0 Å². The summed E-state index contributed by atoms with van der Waals surface area (Å²) in [5.74, 6) is -2.38. The number of alkyl halides is 2. The third-order valence-corrected chi connectivity index (χ3v) is 8.41. The van der Waals surface area contributed by atoms with Gasteiger partial charge in [0.25, 0.3) is 17.4 Å². The van der Waals surface area contributed by atoms with Gasteiger partial charge in [-0.15, -0.1) is 0 Å². The number of carbonyl (C=O) groups excluding carboxylic acids is 1. The molecule has 2 aromatic heterocycles. The number of nitrogens with one attached hydrogen (secondary N) is 2. The molecule has 0 bridgehead atoms. The van der Waals surface area contributed by atoms with E-state index in [1.165, 1.54) is 7.11 Å². The zero-order valence-electron chi connectivity index (χ0n) is 22.4. The third kappa shape index (κ3) is 4.96. The number of methoxy groups -OCH3 is 1. The van der Waals surface area contributed by atoms with Crippen LogP contribution in [0.15, 0.2) is 35.1 Å². The SMILES string of the molecule is COc1cc(C)[nH]c(=O)c1CNC(=O)c1c(C)n(C(C)C2CCN(CC3CC3(F)F)CC2)c2ccccc12. The van der Waals surface area contributed by atoms with E-state index in [-0.39, 0.29) is 30.5 Å². The number of benzene rings is 1. The van der Waals surface area contributed by atoms with E-state index in [0.717, 1.165) is 42.5 Å². The van der Waals surface area contributed by atoms with Crippen molar-refractivity contribution in [2.45, 2.75) is 58.5 Å². The van der Waals surface area contributed by atoms with Gasteiger partial charge in [-0.05, 0) is 64.8 Å². The summed E-state index contributed by atoms with van der Waals surface area (Å²) in [4.78, 5) is 30.9. The van der Waals surface area contributed by atoms with Crippen molar-refractivity contribution >= 4 is 16.8 Å². The summed E-state index contributed by atoms with van der Waals surface area (Å²) in [5.41, 5.74) is 3.24. The van der Waals surface area contributed by atoms with E-state index in [0.29, 0.717) is 35.0 Å². The Hall–Kier alpha value is -3.20. The second-order valence-corrected chi connectivity index (χ2v) is 10.9. The van der Waals surface area contributed by atoms with Crippen LogP contribution < -0.4 is 15.6 Å². The topological polar surface area (TPSA) is 79.4 Å². The lowest BCUT2D eigenvalue weighted by molar-refractivity contribution is 0.0776. The standard InChI is InChI=1S/C29H36F2N4O3/c1-17-13-25(38-4)23(27(36)33-17)15-32-28(37)26-19(3)35(24-8-6-5-7-22(24)26)18(2)20-9-11-34(12-10-20)16-21-14-29(21,30)31/h5-8,13,18,20-21H,9-12,14-16H2,1-4H3,(H,32,37)(H,33,36). The van der Waals surface area contributed by atoms with Crippen LogP contribution in [0.3, 0.4) is 0 Å². The maximum absolute atomic E-state index is 13.5. The highest BCUT2D eigenvalue weighted by Gasteiger charge is 2.57. The first kappa shape index (κ1) is 26.4. The summed E-state index contributed by atoms with van der Waals surface area (Å²) in [6.07, 6.45) is 1.89. The largest absolute Gasteiger partial charge is 0.496 e. The summed E-state index contributed by atoms with van der Waals surface area (Å²) in [7, 11) is 1.50. The van der Waals surface area contributed by atoms with Crippen LogP contribution in [0.5, 0.6) is 5.75 Å². The van der Waals surface area contributed by atoms with E-state index >= 15 is 0 Å². The van der Waals surface area contributed by atoms with Crippen molar-refractivity contribution < 1.29 is 18.3 Å². The van der Waals surface area contributed by atoms with Gasteiger partial charge >= 0.3 is 0 Å². The zero-order valence-corrected chi connectivity index (χ0v) is 22.4. The lowest BCUT2D eigenvalue weighted by Crippen LogP contribution is -2.38. The highest BCUT2D eigenvalue weighted by Crippen LogP contribution is 2.49. The molecule has 2 aliphatic rings. The van der Waals surface area contributed by atoms with Crippen LogP contribution in [-0.4, -0.2) is 53.0 Å². The maximum atomic E-state index is 13.5. The number of pyridine rings is 1. The zero-order chi connectivity index (χ0) is 27.2. The van der Waals surface area contributed by atoms with E-state index in [4.69, 9.17) is 4.74 Å². The van der Waals surface area contributed by atoms with Gasteiger partial charge in [0, 0.05) is 47.2 Å². The fourth-order valence-corrected chi connectivity index (χ4v) is 6.10. The first-order valence-electron chi connectivity index (χ1n) is 13.4. The van der Waals surface area contributed by atoms with Gasteiger partial charge < -0.3 is 24.5 Å². The fourth-order valence-electron chi connectivity index (χ4n) is 6.10. The lowest BCUT2D eigenvalue weighted by atomic mass is 9.89. The molecule has 1 aliphatic heterocycles. The van der Waals surface area contributed by atoms with Crippen LogP contribution in [0.4, 0.5) is 8.78 Å². The molecule has 0 radical (unpaired) electrons. The van der Waals surface area contributed by atoms with Gasteiger partial charge in [-0.25, -0.2) is 8.78 Å². The first-order chi connectivity index (χ1) is 18.1. The van der Waals surface area contributed by atoms with Gasteiger partial charge in [0.15, 0.2) is 0 Å². The quantitative estimate of drug-likeness (QED) is 0.442. The molecule has 2 N–H and O–H groups in total. The molecule has 1 saturated carbocycles. The second-order valence-electron chi connectivity index (χ2n) is 10.9. The molecule has 2 unspecified atom stereocenters. The number of aromatic nitrogens is 2. The van der Waals surface area contributed by atoms with E-state index in [9.17, 15) is 18.4 Å². The smallest absolute Gasteiger partial charge is 0.256 e. The number of H-pyrrole nitrogens is 1. The average molecular weight is 527 g/mol. The van der Waals surface area contributed by atoms with Crippen molar-refractivity contribution in [2.75, 3.05) is 26.7 Å². The van der Waals surface area contributed by atoms with Crippen LogP contribution in [-0.2, 0) is 6.54 Å². The number of piperidine rings is 1. The molecule has 3 heterocycles. The number of likely N-dealkylation sites (tertiary alicyclic amines) is 1. The molecule has 0 spiro atoms. The molecular formula is C29H36F2N4O3. The van der Waals surface area contributed by atoms with Crippen LogP contribution in [0.1, 0.15) is 59.5 Å². The molecule has 7 nitrogen and oxygen atoms in total. The Balaban J connectivity index is 1.34. The van der Waals surface area contributed by atoms with E-state index in [1.807, 2.05) is 31.2 Å². The molecule has 38 heavy (non-hydrogen) atoms. The Labute approximate surface area is 221 Å². The minimum atomic E-state index is -2.47. The van der Waals surface area contributed by atoms with E-state index < -0.39 is 11.8 Å². The number of para-hydroxylation sites is 1. The van der Waals surface area contributed by atoms with Crippen LogP contribution in [0, 0.1) is 25.7 Å². The van der Waals surface area contributed by atoms with Crippen molar-refractivity contribution in [3.63, 3.8) is 0 Å². The van der Waals surface area contributed by atoms with Crippen LogP contribution in [0.25, 0.3) is 10.9 Å². The minimum absolute atomic E-state index is 0.0216. The molecule has 2 atom stereocenters. The number of carbonyl (C=O) groups is 1. The summed E-state index contributed by atoms with van der Waals surface area (Å²) < 4.78 is 34.4. The normalized spacial score (nSPS) is 20.4. The molecule has 1 aromatic carbocycles. The molecule has 1 amide bonds. The van der Waals surface area contributed by atoms with Gasteiger partial charge in [-0.3, -0.25) is 9.59 Å². The Morgan fingerprint density at radius 2 is 1.92 bits per heavy atom. The van der Waals surface area contributed by atoms with Crippen molar-refractivity contribution in [3.8, 4) is 5.75 Å².